The van der Waals surface area contributed by atoms with Gasteiger partial charge in [0, 0.05) is 19.1 Å². The van der Waals surface area contributed by atoms with Crippen LogP contribution in [0.5, 0.6) is 5.75 Å². The molecule has 1 aliphatic rings. The van der Waals surface area contributed by atoms with E-state index in [9.17, 15) is 8.42 Å². The number of para-hydroxylation sites is 1. The largest absolute Gasteiger partial charge is 0.492 e. The smallest absolute Gasteiger partial charge is 0.279 e. The summed E-state index contributed by atoms with van der Waals surface area (Å²) in [5, 5.41) is 0. The molecule has 0 aromatic heterocycles. The molecule has 0 aliphatic carbocycles. The molecule has 1 aromatic rings. The van der Waals surface area contributed by atoms with Gasteiger partial charge in [0.25, 0.3) is 10.2 Å². The predicted molar refractivity (Wildman–Crippen MR) is 78.9 cm³/mol. The predicted octanol–water partition coefficient (Wildman–Crippen LogP) is 1.77. The average Bonchev–Trinajstić information content (AvgIpc) is 2.45. The molecule has 5 nitrogen and oxygen atoms in total. The van der Waals surface area contributed by atoms with Crippen molar-refractivity contribution in [2.24, 2.45) is 0 Å². The van der Waals surface area contributed by atoms with Gasteiger partial charge in [-0.05, 0) is 31.9 Å². The van der Waals surface area contributed by atoms with Crippen LogP contribution in [0, 0.1) is 0 Å². The van der Waals surface area contributed by atoms with Gasteiger partial charge in [-0.2, -0.15) is 17.4 Å². The van der Waals surface area contributed by atoms with Crippen LogP contribution in [0.25, 0.3) is 0 Å². The van der Waals surface area contributed by atoms with Crippen molar-refractivity contribution in [1.29, 1.82) is 0 Å². The van der Waals surface area contributed by atoms with E-state index in [0.29, 0.717) is 13.2 Å². The van der Waals surface area contributed by atoms with Gasteiger partial charge in [0.1, 0.15) is 12.4 Å². The van der Waals surface area contributed by atoms with Gasteiger partial charge in [0.2, 0.25) is 0 Å². The van der Waals surface area contributed by atoms with E-state index in [1.54, 1.807) is 4.31 Å². The van der Waals surface area contributed by atoms with Crippen molar-refractivity contribution in [2.75, 3.05) is 19.7 Å². The lowest BCUT2D eigenvalue weighted by atomic mass is 10.1. The van der Waals surface area contributed by atoms with Gasteiger partial charge in [0.15, 0.2) is 0 Å². The number of nitrogens with one attached hydrogen (secondary N) is 1. The number of ether oxygens (including phenoxy) is 1. The highest BCUT2D eigenvalue weighted by Gasteiger charge is 2.28. The molecular formula is C14H22N2O3S. The quantitative estimate of drug-likeness (QED) is 0.814. The van der Waals surface area contributed by atoms with Crippen molar-refractivity contribution >= 4 is 10.2 Å². The second-order valence-corrected chi connectivity index (χ2v) is 6.72. The first-order valence-corrected chi connectivity index (χ1v) is 8.48. The van der Waals surface area contributed by atoms with Crippen molar-refractivity contribution < 1.29 is 13.2 Å². The van der Waals surface area contributed by atoms with E-state index in [4.69, 9.17) is 4.74 Å². The van der Waals surface area contributed by atoms with Crippen LogP contribution in [0.3, 0.4) is 0 Å². The number of hydrogen-bond acceptors (Lipinski definition) is 3. The summed E-state index contributed by atoms with van der Waals surface area (Å²) in [6.45, 7) is 3.17. The first-order valence-electron chi connectivity index (χ1n) is 7.04. The molecule has 0 spiro atoms. The van der Waals surface area contributed by atoms with Crippen LogP contribution in [0.2, 0.25) is 0 Å². The lowest BCUT2D eigenvalue weighted by molar-refractivity contribution is 0.262. The first-order chi connectivity index (χ1) is 9.59. The molecule has 1 saturated heterocycles. The lowest BCUT2D eigenvalue weighted by Gasteiger charge is -2.32. The molecule has 20 heavy (non-hydrogen) atoms. The van der Waals surface area contributed by atoms with Crippen molar-refractivity contribution in [3.05, 3.63) is 30.3 Å². The maximum absolute atomic E-state index is 12.2. The van der Waals surface area contributed by atoms with Gasteiger partial charge in [-0.25, -0.2) is 0 Å². The minimum atomic E-state index is -3.38. The van der Waals surface area contributed by atoms with Crippen LogP contribution in [0.1, 0.15) is 26.2 Å². The topological polar surface area (TPSA) is 58.6 Å². The zero-order valence-electron chi connectivity index (χ0n) is 11.8. The number of nitrogens with zero attached hydrogens (tertiary/aromatic N) is 1. The van der Waals surface area contributed by atoms with Gasteiger partial charge < -0.3 is 4.74 Å². The van der Waals surface area contributed by atoms with Crippen LogP contribution in [0.4, 0.5) is 0 Å². The van der Waals surface area contributed by atoms with E-state index < -0.39 is 10.2 Å². The van der Waals surface area contributed by atoms with Crippen LogP contribution < -0.4 is 9.46 Å². The summed E-state index contributed by atoms with van der Waals surface area (Å²) in [5.74, 6) is 0.748. The van der Waals surface area contributed by atoms with Crippen LogP contribution in [-0.2, 0) is 10.2 Å². The highest BCUT2D eigenvalue weighted by molar-refractivity contribution is 7.87. The highest BCUT2D eigenvalue weighted by atomic mass is 32.2. The minimum absolute atomic E-state index is 0.0799. The summed E-state index contributed by atoms with van der Waals surface area (Å²) in [7, 11) is -3.38. The summed E-state index contributed by atoms with van der Waals surface area (Å²) in [6, 6.07) is 9.45. The molecule has 1 aliphatic heterocycles. The van der Waals surface area contributed by atoms with Gasteiger partial charge in [-0.3, -0.25) is 0 Å². The Morgan fingerprint density at radius 3 is 2.75 bits per heavy atom. The summed E-state index contributed by atoms with van der Waals surface area (Å²) < 4.78 is 34.0. The maximum atomic E-state index is 12.2. The third-order valence-electron chi connectivity index (χ3n) is 3.45. The summed E-state index contributed by atoms with van der Waals surface area (Å²) in [5.41, 5.74) is 0. The molecule has 1 fully saturated rings. The molecule has 1 unspecified atom stereocenters. The number of piperidine rings is 1. The monoisotopic (exact) mass is 298 g/mol. The zero-order valence-corrected chi connectivity index (χ0v) is 12.6. The van der Waals surface area contributed by atoms with Crippen LogP contribution in [0.15, 0.2) is 30.3 Å². The molecule has 112 valence electrons. The standard InChI is InChI=1S/C14H22N2O3S/c1-13-7-5-6-11-16(13)20(17,18)15-10-12-19-14-8-3-2-4-9-14/h2-4,8-9,13,15H,5-7,10-12H2,1H3. The Labute approximate surface area is 121 Å². The van der Waals surface area contributed by atoms with Crippen LogP contribution in [-0.4, -0.2) is 38.5 Å². The number of hydrogen-bond donors (Lipinski definition) is 1. The number of benzene rings is 1. The molecule has 2 rings (SSSR count). The molecule has 0 bridgehead atoms. The molecule has 0 amide bonds. The molecule has 1 atom stereocenters. The minimum Gasteiger partial charge on any atom is -0.492 e. The Kier molecular flexibility index (Phi) is 5.39. The zero-order chi connectivity index (χ0) is 14.4. The SMILES string of the molecule is CC1CCCCN1S(=O)(=O)NCCOc1ccccc1. The molecule has 0 saturated carbocycles. The Morgan fingerprint density at radius 2 is 2.05 bits per heavy atom. The summed E-state index contributed by atoms with van der Waals surface area (Å²) in [4.78, 5) is 0. The third-order valence-corrected chi connectivity index (χ3v) is 5.18. The van der Waals surface area contributed by atoms with Gasteiger partial charge >= 0.3 is 0 Å². The average molecular weight is 298 g/mol. The molecule has 1 heterocycles. The van der Waals surface area contributed by atoms with E-state index in [1.807, 2.05) is 37.3 Å². The molecule has 6 heteroatoms. The van der Waals surface area contributed by atoms with E-state index in [0.717, 1.165) is 25.0 Å². The van der Waals surface area contributed by atoms with Gasteiger partial charge in [-0.15, -0.1) is 0 Å². The van der Waals surface area contributed by atoms with E-state index >= 15 is 0 Å². The fourth-order valence-electron chi connectivity index (χ4n) is 2.37. The Hall–Kier alpha value is -1.11. The van der Waals surface area contributed by atoms with Gasteiger partial charge in [0.05, 0.1) is 0 Å². The third kappa shape index (κ3) is 4.19. The van der Waals surface area contributed by atoms with Crippen molar-refractivity contribution in [1.82, 2.24) is 9.03 Å². The number of rotatable bonds is 6. The second-order valence-electron chi connectivity index (χ2n) is 5.02. The van der Waals surface area contributed by atoms with Gasteiger partial charge in [-0.1, -0.05) is 24.6 Å². The van der Waals surface area contributed by atoms with E-state index in [1.165, 1.54) is 0 Å². The van der Waals surface area contributed by atoms with E-state index in [-0.39, 0.29) is 12.6 Å². The second kappa shape index (κ2) is 7.06. The molecule has 0 radical (unpaired) electrons. The van der Waals surface area contributed by atoms with E-state index in [2.05, 4.69) is 4.72 Å². The van der Waals surface area contributed by atoms with Crippen LogP contribution >= 0.6 is 0 Å². The van der Waals surface area contributed by atoms with Crippen molar-refractivity contribution in [3.8, 4) is 5.75 Å². The Balaban J connectivity index is 1.77. The molecular weight excluding hydrogens is 276 g/mol. The fourth-order valence-corrected chi connectivity index (χ4v) is 3.82. The molecule has 1 aromatic carbocycles. The fraction of sp³-hybridized carbons (Fsp3) is 0.571. The normalized spacial score (nSPS) is 20.8. The lowest BCUT2D eigenvalue weighted by Crippen LogP contribution is -2.48. The maximum Gasteiger partial charge on any atom is 0.279 e. The first kappa shape index (κ1) is 15.3. The van der Waals surface area contributed by atoms with Crippen molar-refractivity contribution in [3.63, 3.8) is 0 Å². The highest BCUT2D eigenvalue weighted by Crippen LogP contribution is 2.18. The summed E-state index contributed by atoms with van der Waals surface area (Å²) in [6.07, 6.45) is 2.97. The Morgan fingerprint density at radius 1 is 1.30 bits per heavy atom. The Bertz CT molecular complexity index is 504. The summed E-state index contributed by atoms with van der Waals surface area (Å²) >= 11 is 0. The molecule has 1 N–H and O–H groups in total. The van der Waals surface area contributed by atoms with Crippen molar-refractivity contribution in [2.45, 2.75) is 32.2 Å².